The van der Waals surface area contributed by atoms with E-state index < -0.39 is 7.60 Å². The van der Waals surface area contributed by atoms with Crippen LogP contribution in [0.5, 0.6) is 0 Å². The molecule has 0 amide bonds. The summed E-state index contributed by atoms with van der Waals surface area (Å²) in [6.07, 6.45) is 0.182. The van der Waals surface area contributed by atoms with Crippen molar-refractivity contribution < 1.29 is 38.4 Å². The van der Waals surface area contributed by atoms with Gasteiger partial charge in [-0.05, 0) is 6.42 Å². The average molecular weight is 316 g/mol. The molecule has 0 heterocycles. The summed E-state index contributed by atoms with van der Waals surface area (Å²) in [5, 5.41) is 8.45. The van der Waals surface area contributed by atoms with Crippen LogP contribution < -0.4 is 0 Å². The molecular weight excluding hydrogens is 291 g/mol. The highest BCUT2D eigenvalue weighted by Crippen LogP contribution is 2.34. The van der Waals surface area contributed by atoms with Crippen molar-refractivity contribution in [2.75, 3.05) is 65.6 Å². The molecule has 0 aliphatic heterocycles. The Morgan fingerprint density at radius 3 is 1.50 bits per heavy atom. The topological polar surface area (TPSA) is 115 Å². The number of rotatable bonds is 15. The van der Waals surface area contributed by atoms with Gasteiger partial charge in [0.15, 0.2) is 0 Å². The van der Waals surface area contributed by atoms with E-state index in [1.54, 1.807) is 0 Å². The number of hydrogen-bond donors (Lipinski definition) is 3. The Morgan fingerprint density at radius 1 is 0.700 bits per heavy atom. The van der Waals surface area contributed by atoms with Crippen molar-refractivity contribution in [1.82, 2.24) is 0 Å². The van der Waals surface area contributed by atoms with Crippen LogP contribution in [0.3, 0.4) is 0 Å². The molecule has 0 aromatic rings. The van der Waals surface area contributed by atoms with Crippen molar-refractivity contribution in [1.29, 1.82) is 0 Å². The highest BCUT2D eigenvalue weighted by Gasteiger charge is 2.11. The third-order valence-electron chi connectivity index (χ3n) is 2.09. The molecule has 0 aromatic heterocycles. The summed E-state index contributed by atoms with van der Waals surface area (Å²) >= 11 is 0. The van der Waals surface area contributed by atoms with Crippen molar-refractivity contribution in [2.24, 2.45) is 0 Å². The highest BCUT2D eigenvalue weighted by atomic mass is 31.2. The summed E-state index contributed by atoms with van der Waals surface area (Å²) in [6, 6.07) is 0. The number of hydrogen-bond acceptors (Lipinski definition) is 6. The van der Waals surface area contributed by atoms with Crippen LogP contribution in [0, 0.1) is 0 Å². The second kappa shape index (κ2) is 13.9. The predicted octanol–water partition coefficient (Wildman–Crippen LogP) is -0.387. The Morgan fingerprint density at radius 2 is 1.10 bits per heavy atom. The molecular formula is C11H25O8P. The Bertz CT molecular complexity index is 245. The lowest BCUT2D eigenvalue weighted by Gasteiger charge is -2.07. The van der Waals surface area contributed by atoms with E-state index in [9.17, 15) is 4.57 Å². The third kappa shape index (κ3) is 17.9. The predicted molar refractivity (Wildman–Crippen MR) is 71.9 cm³/mol. The number of ether oxygens (including phenoxy) is 4. The summed E-state index contributed by atoms with van der Waals surface area (Å²) in [5.41, 5.74) is 0. The minimum absolute atomic E-state index is 0.0112. The van der Waals surface area contributed by atoms with Crippen LogP contribution in [0.1, 0.15) is 6.42 Å². The molecule has 0 radical (unpaired) electrons. The fraction of sp³-hybridized carbons (Fsp3) is 1.00. The minimum atomic E-state index is -3.90. The Kier molecular flexibility index (Phi) is 13.9. The van der Waals surface area contributed by atoms with E-state index in [-0.39, 0.29) is 12.8 Å². The normalized spacial score (nSPS) is 11.9. The van der Waals surface area contributed by atoms with Gasteiger partial charge in [-0.1, -0.05) is 0 Å². The maximum atomic E-state index is 10.5. The quantitative estimate of drug-likeness (QED) is 0.276. The monoisotopic (exact) mass is 316 g/mol. The first-order chi connectivity index (χ1) is 9.56. The van der Waals surface area contributed by atoms with Crippen LogP contribution in [-0.4, -0.2) is 80.5 Å². The fourth-order valence-corrected chi connectivity index (χ4v) is 1.74. The molecule has 0 bridgehead atoms. The van der Waals surface area contributed by atoms with Gasteiger partial charge >= 0.3 is 7.60 Å². The molecule has 8 nitrogen and oxygen atoms in total. The van der Waals surface area contributed by atoms with E-state index in [2.05, 4.69) is 0 Å². The third-order valence-corrected chi connectivity index (χ3v) is 2.99. The zero-order chi connectivity index (χ0) is 15.1. The lowest BCUT2D eigenvalue weighted by Crippen LogP contribution is -2.12. The summed E-state index contributed by atoms with van der Waals surface area (Å²) in [7, 11) is -3.90. The van der Waals surface area contributed by atoms with E-state index in [0.717, 1.165) is 0 Å². The van der Waals surface area contributed by atoms with Gasteiger partial charge in [-0.2, -0.15) is 0 Å². The van der Waals surface area contributed by atoms with Crippen molar-refractivity contribution in [3.05, 3.63) is 0 Å². The van der Waals surface area contributed by atoms with Crippen LogP contribution >= 0.6 is 7.60 Å². The molecule has 0 atom stereocenters. The maximum Gasteiger partial charge on any atom is 0.325 e. The first kappa shape index (κ1) is 19.9. The highest BCUT2D eigenvalue weighted by molar-refractivity contribution is 7.51. The smallest absolute Gasteiger partial charge is 0.325 e. The molecule has 3 N–H and O–H groups in total. The minimum Gasteiger partial charge on any atom is -0.394 e. The van der Waals surface area contributed by atoms with E-state index in [0.29, 0.717) is 59.3 Å². The summed E-state index contributed by atoms with van der Waals surface area (Å²) in [5.74, 6) is 0. The maximum absolute atomic E-state index is 10.5. The molecule has 0 unspecified atom stereocenters. The van der Waals surface area contributed by atoms with Crippen molar-refractivity contribution in [3.63, 3.8) is 0 Å². The second-order valence-corrected chi connectivity index (χ2v) is 5.69. The molecule has 0 spiro atoms. The summed E-state index contributed by atoms with van der Waals surface area (Å²) in [6.45, 7) is 3.27. The van der Waals surface area contributed by atoms with E-state index in [4.69, 9.17) is 33.8 Å². The van der Waals surface area contributed by atoms with Gasteiger partial charge in [0, 0.05) is 6.61 Å². The molecule has 0 aromatic carbocycles. The Balaban J connectivity index is 3.01. The molecule has 0 rings (SSSR count). The van der Waals surface area contributed by atoms with Gasteiger partial charge in [-0.3, -0.25) is 4.57 Å². The van der Waals surface area contributed by atoms with Gasteiger partial charge in [0.25, 0.3) is 0 Å². The van der Waals surface area contributed by atoms with E-state index >= 15 is 0 Å². The lowest BCUT2D eigenvalue weighted by molar-refractivity contribution is -0.00542. The van der Waals surface area contributed by atoms with Gasteiger partial charge in [0.1, 0.15) is 0 Å². The van der Waals surface area contributed by atoms with Gasteiger partial charge in [-0.15, -0.1) is 0 Å². The van der Waals surface area contributed by atoms with Crippen LogP contribution in [0.15, 0.2) is 0 Å². The molecule has 0 saturated heterocycles. The van der Waals surface area contributed by atoms with Crippen molar-refractivity contribution >= 4 is 7.60 Å². The Hall–Kier alpha value is -0.0500. The van der Waals surface area contributed by atoms with Crippen molar-refractivity contribution in [3.8, 4) is 0 Å². The van der Waals surface area contributed by atoms with Crippen molar-refractivity contribution in [2.45, 2.75) is 6.42 Å². The van der Waals surface area contributed by atoms with Crippen LogP contribution in [0.2, 0.25) is 0 Å². The molecule has 0 aliphatic rings. The number of aliphatic hydroxyl groups is 1. The Labute approximate surface area is 119 Å². The first-order valence-corrected chi connectivity index (χ1v) is 8.32. The van der Waals surface area contributed by atoms with Gasteiger partial charge < -0.3 is 33.8 Å². The zero-order valence-corrected chi connectivity index (χ0v) is 12.5. The summed E-state index contributed by atoms with van der Waals surface area (Å²) in [4.78, 5) is 17.2. The van der Waals surface area contributed by atoms with E-state index in [1.165, 1.54) is 0 Å². The zero-order valence-electron chi connectivity index (χ0n) is 11.6. The van der Waals surface area contributed by atoms with Crippen LogP contribution in [-0.2, 0) is 23.5 Å². The standard InChI is InChI=1S/C11H25O8P/c12-2-4-17-6-8-19-10-9-18-7-5-16-3-1-11-20(13,14)15/h12H,1-11H2,(H2,13,14,15). The first-order valence-electron chi connectivity index (χ1n) is 6.52. The van der Waals surface area contributed by atoms with Crippen LogP contribution in [0.25, 0.3) is 0 Å². The van der Waals surface area contributed by atoms with Gasteiger partial charge in [-0.25, -0.2) is 0 Å². The molecule has 9 heteroatoms. The number of aliphatic hydroxyl groups excluding tert-OH is 1. The molecule has 0 fully saturated rings. The largest absolute Gasteiger partial charge is 0.394 e. The van der Waals surface area contributed by atoms with Gasteiger partial charge in [0.2, 0.25) is 0 Å². The molecule has 20 heavy (non-hydrogen) atoms. The lowest BCUT2D eigenvalue weighted by atomic mass is 10.5. The van der Waals surface area contributed by atoms with Gasteiger partial charge in [0.05, 0.1) is 59.0 Å². The fourth-order valence-electron chi connectivity index (χ4n) is 1.20. The van der Waals surface area contributed by atoms with Crippen LogP contribution in [0.4, 0.5) is 0 Å². The average Bonchev–Trinajstić information content (AvgIpc) is 2.38. The molecule has 122 valence electrons. The SMILES string of the molecule is O=P(O)(O)CCCOCCOCCOCCOCCO. The summed E-state index contributed by atoms with van der Waals surface area (Å²) < 4.78 is 31.1. The molecule has 0 saturated carbocycles. The second-order valence-electron chi connectivity index (χ2n) is 3.91. The molecule has 0 aliphatic carbocycles. The van der Waals surface area contributed by atoms with E-state index in [1.807, 2.05) is 0 Å².